The number of benzene rings is 1. The van der Waals surface area contributed by atoms with Crippen LogP contribution in [-0.2, 0) is 4.74 Å². The smallest absolute Gasteiger partial charge is 0.251 e. The molecule has 2 aromatic rings. The number of carbonyl (C=O) groups excluding carboxylic acids is 1. The van der Waals surface area contributed by atoms with E-state index < -0.39 is 0 Å². The van der Waals surface area contributed by atoms with E-state index in [1.165, 1.54) is 12.8 Å². The van der Waals surface area contributed by atoms with Crippen molar-refractivity contribution in [2.45, 2.75) is 38.2 Å². The number of nitrogens with one attached hydrogen (secondary N) is 1. The lowest BCUT2D eigenvalue weighted by Gasteiger charge is -2.09. The first kappa shape index (κ1) is 15.8. The van der Waals surface area contributed by atoms with Gasteiger partial charge in [-0.05, 0) is 56.4 Å². The van der Waals surface area contributed by atoms with E-state index in [1.54, 1.807) is 6.26 Å². The van der Waals surface area contributed by atoms with Crippen LogP contribution in [0.5, 0.6) is 0 Å². The standard InChI is InChI=1S/C19H23NO3/c21-19(20-12-2-1-5-17-6-3-13-22-17)16-10-8-15(9-11-16)18-7-4-14-23-18/h4,7-11,14,17H,1-3,5-6,12-13H2,(H,20,21)/t17-/m0/s1. The normalized spacial score (nSPS) is 17.3. The van der Waals surface area contributed by atoms with Crippen LogP contribution in [0.4, 0.5) is 0 Å². The Morgan fingerprint density at radius 1 is 1.17 bits per heavy atom. The van der Waals surface area contributed by atoms with Crippen LogP contribution < -0.4 is 5.32 Å². The van der Waals surface area contributed by atoms with Crippen LogP contribution in [0.25, 0.3) is 11.3 Å². The molecule has 3 rings (SSSR count). The van der Waals surface area contributed by atoms with Gasteiger partial charge in [0.25, 0.3) is 5.91 Å². The number of unbranched alkanes of at least 4 members (excludes halogenated alkanes) is 1. The largest absolute Gasteiger partial charge is 0.464 e. The number of ether oxygens (including phenoxy) is 1. The summed E-state index contributed by atoms with van der Waals surface area (Å²) in [6.07, 6.45) is 7.67. The zero-order valence-electron chi connectivity index (χ0n) is 13.3. The fourth-order valence-corrected chi connectivity index (χ4v) is 2.90. The molecule has 1 N–H and O–H groups in total. The first-order valence-corrected chi connectivity index (χ1v) is 8.37. The summed E-state index contributed by atoms with van der Waals surface area (Å²) in [6, 6.07) is 11.2. The van der Waals surface area contributed by atoms with E-state index in [2.05, 4.69) is 5.32 Å². The maximum Gasteiger partial charge on any atom is 0.251 e. The summed E-state index contributed by atoms with van der Waals surface area (Å²) in [6.45, 7) is 1.63. The first-order chi connectivity index (χ1) is 11.3. The fraction of sp³-hybridized carbons (Fsp3) is 0.421. The third-order valence-electron chi connectivity index (χ3n) is 4.22. The van der Waals surface area contributed by atoms with Crippen molar-refractivity contribution in [2.24, 2.45) is 0 Å². The third kappa shape index (κ3) is 4.45. The molecule has 1 fully saturated rings. The Morgan fingerprint density at radius 3 is 2.74 bits per heavy atom. The van der Waals surface area contributed by atoms with Crippen LogP contribution in [-0.4, -0.2) is 25.2 Å². The number of amides is 1. The molecule has 0 bridgehead atoms. The number of furan rings is 1. The Hall–Kier alpha value is -2.07. The van der Waals surface area contributed by atoms with Crippen molar-refractivity contribution in [1.29, 1.82) is 0 Å². The van der Waals surface area contributed by atoms with Crippen LogP contribution in [0.1, 0.15) is 42.5 Å². The summed E-state index contributed by atoms with van der Waals surface area (Å²) in [5.41, 5.74) is 1.66. The van der Waals surface area contributed by atoms with Crippen molar-refractivity contribution < 1.29 is 13.9 Å². The summed E-state index contributed by atoms with van der Waals surface area (Å²) >= 11 is 0. The van der Waals surface area contributed by atoms with E-state index in [-0.39, 0.29) is 5.91 Å². The molecule has 1 aromatic carbocycles. The lowest BCUT2D eigenvalue weighted by Crippen LogP contribution is -2.24. The van der Waals surface area contributed by atoms with E-state index in [1.807, 2.05) is 36.4 Å². The second-order valence-corrected chi connectivity index (χ2v) is 5.94. The van der Waals surface area contributed by atoms with Gasteiger partial charge < -0.3 is 14.5 Å². The summed E-state index contributed by atoms with van der Waals surface area (Å²) in [4.78, 5) is 12.1. The highest BCUT2D eigenvalue weighted by Gasteiger charge is 2.14. The molecule has 1 saturated heterocycles. The van der Waals surface area contributed by atoms with E-state index >= 15 is 0 Å². The minimum atomic E-state index is -0.0203. The van der Waals surface area contributed by atoms with Gasteiger partial charge in [-0.1, -0.05) is 12.1 Å². The van der Waals surface area contributed by atoms with E-state index in [4.69, 9.17) is 9.15 Å². The molecule has 122 valence electrons. The molecular formula is C19H23NO3. The molecule has 1 atom stereocenters. The zero-order chi connectivity index (χ0) is 15.9. The number of rotatable bonds is 7. The predicted octanol–water partition coefficient (Wildman–Crippen LogP) is 4.03. The summed E-state index contributed by atoms with van der Waals surface area (Å²) < 4.78 is 10.9. The Labute approximate surface area is 136 Å². The van der Waals surface area contributed by atoms with Gasteiger partial charge in [0.05, 0.1) is 12.4 Å². The Bertz CT molecular complexity index is 598. The quantitative estimate of drug-likeness (QED) is 0.785. The van der Waals surface area contributed by atoms with Crippen molar-refractivity contribution in [3.8, 4) is 11.3 Å². The van der Waals surface area contributed by atoms with Gasteiger partial charge in [0.1, 0.15) is 5.76 Å². The minimum absolute atomic E-state index is 0.0203. The fourth-order valence-electron chi connectivity index (χ4n) is 2.90. The minimum Gasteiger partial charge on any atom is -0.464 e. The average Bonchev–Trinajstić information content (AvgIpc) is 3.28. The molecule has 23 heavy (non-hydrogen) atoms. The van der Waals surface area contributed by atoms with Gasteiger partial charge >= 0.3 is 0 Å². The van der Waals surface area contributed by atoms with Gasteiger partial charge in [-0.2, -0.15) is 0 Å². The molecule has 4 heteroatoms. The van der Waals surface area contributed by atoms with Crippen LogP contribution in [0.15, 0.2) is 47.1 Å². The molecule has 1 aromatic heterocycles. The number of hydrogen-bond donors (Lipinski definition) is 1. The highest BCUT2D eigenvalue weighted by molar-refractivity contribution is 5.94. The van der Waals surface area contributed by atoms with E-state index in [9.17, 15) is 4.79 Å². The molecule has 0 unspecified atom stereocenters. The Morgan fingerprint density at radius 2 is 2.04 bits per heavy atom. The monoisotopic (exact) mass is 313 g/mol. The Kier molecular flexibility index (Phi) is 5.48. The van der Waals surface area contributed by atoms with Crippen molar-refractivity contribution in [3.05, 3.63) is 48.2 Å². The van der Waals surface area contributed by atoms with Gasteiger partial charge in [0.15, 0.2) is 0 Å². The van der Waals surface area contributed by atoms with Crippen molar-refractivity contribution in [3.63, 3.8) is 0 Å². The highest BCUT2D eigenvalue weighted by Crippen LogP contribution is 2.20. The van der Waals surface area contributed by atoms with E-state index in [0.29, 0.717) is 18.2 Å². The molecule has 1 aliphatic rings. The molecule has 4 nitrogen and oxygen atoms in total. The lowest BCUT2D eigenvalue weighted by molar-refractivity contribution is 0.0947. The van der Waals surface area contributed by atoms with Crippen LogP contribution >= 0.6 is 0 Å². The number of carbonyl (C=O) groups is 1. The predicted molar refractivity (Wildman–Crippen MR) is 89.3 cm³/mol. The molecule has 0 radical (unpaired) electrons. The highest BCUT2D eigenvalue weighted by atomic mass is 16.5. The average molecular weight is 313 g/mol. The van der Waals surface area contributed by atoms with E-state index in [0.717, 1.165) is 37.2 Å². The van der Waals surface area contributed by atoms with Gasteiger partial charge in [-0.3, -0.25) is 4.79 Å². The second-order valence-electron chi connectivity index (χ2n) is 5.94. The second kappa shape index (κ2) is 7.97. The van der Waals surface area contributed by atoms with Gasteiger partial charge in [-0.25, -0.2) is 0 Å². The summed E-state index contributed by atoms with van der Waals surface area (Å²) in [7, 11) is 0. The lowest BCUT2D eigenvalue weighted by atomic mass is 10.1. The molecule has 1 amide bonds. The summed E-state index contributed by atoms with van der Waals surface area (Å²) in [5, 5.41) is 2.98. The van der Waals surface area contributed by atoms with Gasteiger partial charge in [-0.15, -0.1) is 0 Å². The zero-order valence-corrected chi connectivity index (χ0v) is 13.3. The van der Waals surface area contributed by atoms with Gasteiger partial charge in [0.2, 0.25) is 0 Å². The molecule has 2 heterocycles. The van der Waals surface area contributed by atoms with Crippen LogP contribution in [0.2, 0.25) is 0 Å². The van der Waals surface area contributed by atoms with Gasteiger partial charge in [0, 0.05) is 24.3 Å². The third-order valence-corrected chi connectivity index (χ3v) is 4.22. The maximum absolute atomic E-state index is 12.1. The first-order valence-electron chi connectivity index (χ1n) is 8.37. The summed E-state index contributed by atoms with van der Waals surface area (Å²) in [5.74, 6) is 0.791. The number of hydrogen-bond acceptors (Lipinski definition) is 3. The topological polar surface area (TPSA) is 51.5 Å². The maximum atomic E-state index is 12.1. The SMILES string of the molecule is O=C(NCCCC[C@H]1CCCO1)c1ccc(-c2ccco2)cc1. The molecule has 1 aliphatic heterocycles. The molecule has 0 aliphatic carbocycles. The molecular weight excluding hydrogens is 290 g/mol. The molecule has 0 saturated carbocycles. The van der Waals surface area contributed by atoms with Crippen LogP contribution in [0, 0.1) is 0 Å². The molecule has 0 spiro atoms. The van der Waals surface area contributed by atoms with Crippen molar-refractivity contribution in [2.75, 3.05) is 13.2 Å². The Balaban J connectivity index is 1.39. The van der Waals surface area contributed by atoms with Crippen molar-refractivity contribution >= 4 is 5.91 Å². The van der Waals surface area contributed by atoms with Crippen LogP contribution in [0.3, 0.4) is 0 Å². The van der Waals surface area contributed by atoms with Crippen molar-refractivity contribution in [1.82, 2.24) is 5.32 Å².